The lowest BCUT2D eigenvalue weighted by Gasteiger charge is -2.09. The van der Waals surface area contributed by atoms with Crippen molar-refractivity contribution in [2.75, 3.05) is 19.9 Å². The first-order valence-corrected chi connectivity index (χ1v) is 7.77. The van der Waals surface area contributed by atoms with Crippen LogP contribution in [0.15, 0.2) is 42.5 Å². The van der Waals surface area contributed by atoms with Gasteiger partial charge in [0.15, 0.2) is 11.5 Å². The summed E-state index contributed by atoms with van der Waals surface area (Å²) in [5.41, 5.74) is 2.52. The molecule has 0 amide bonds. The molecule has 0 aliphatic carbocycles. The molecule has 4 heteroatoms. The van der Waals surface area contributed by atoms with Crippen LogP contribution in [0.3, 0.4) is 0 Å². The third kappa shape index (κ3) is 3.52. The third-order valence-electron chi connectivity index (χ3n) is 3.71. The summed E-state index contributed by atoms with van der Waals surface area (Å²) in [6.45, 7) is 5.01. The molecular formula is C18H22NO3+. The van der Waals surface area contributed by atoms with Gasteiger partial charge in [0.05, 0.1) is 13.2 Å². The summed E-state index contributed by atoms with van der Waals surface area (Å²) in [6.07, 6.45) is 1.01. The van der Waals surface area contributed by atoms with Crippen molar-refractivity contribution in [3.8, 4) is 17.2 Å². The maximum Gasteiger partial charge on any atom is 0.231 e. The minimum atomic E-state index is 0.332. The van der Waals surface area contributed by atoms with Crippen molar-refractivity contribution in [1.29, 1.82) is 0 Å². The van der Waals surface area contributed by atoms with Crippen LogP contribution in [0, 0.1) is 0 Å². The lowest BCUT2D eigenvalue weighted by atomic mass is 10.1. The first-order valence-electron chi connectivity index (χ1n) is 7.77. The molecule has 0 aromatic heterocycles. The van der Waals surface area contributed by atoms with Crippen LogP contribution in [0.5, 0.6) is 17.2 Å². The second-order valence-corrected chi connectivity index (χ2v) is 5.26. The van der Waals surface area contributed by atoms with Crippen LogP contribution in [0.4, 0.5) is 0 Å². The van der Waals surface area contributed by atoms with Gasteiger partial charge in [0.2, 0.25) is 6.79 Å². The van der Waals surface area contributed by atoms with Crippen LogP contribution in [0.25, 0.3) is 0 Å². The summed E-state index contributed by atoms with van der Waals surface area (Å²) in [6, 6.07) is 14.4. The van der Waals surface area contributed by atoms with Crippen LogP contribution in [0.2, 0.25) is 0 Å². The smallest absolute Gasteiger partial charge is 0.231 e. The van der Waals surface area contributed by atoms with Crippen molar-refractivity contribution < 1.29 is 19.5 Å². The van der Waals surface area contributed by atoms with Gasteiger partial charge in [0, 0.05) is 12.0 Å². The molecule has 22 heavy (non-hydrogen) atoms. The van der Waals surface area contributed by atoms with Gasteiger partial charge in [-0.2, -0.15) is 0 Å². The quantitative estimate of drug-likeness (QED) is 0.797. The Balaban J connectivity index is 1.49. The molecule has 0 radical (unpaired) electrons. The Bertz CT molecular complexity index is 627. The molecule has 4 nitrogen and oxygen atoms in total. The van der Waals surface area contributed by atoms with Crippen molar-refractivity contribution in [2.45, 2.75) is 19.9 Å². The van der Waals surface area contributed by atoms with Gasteiger partial charge in [-0.3, -0.25) is 0 Å². The van der Waals surface area contributed by atoms with E-state index in [1.54, 1.807) is 0 Å². The van der Waals surface area contributed by atoms with E-state index in [1.807, 2.05) is 25.1 Å². The fraction of sp³-hybridized carbons (Fsp3) is 0.333. The van der Waals surface area contributed by atoms with E-state index in [4.69, 9.17) is 14.2 Å². The van der Waals surface area contributed by atoms with Gasteiger partial charge in [-0.1, -0.05) is 18.2 Å². The highest BCUT2D eigenvalue weighted by Gasteiger charge is 2.13. The predicted octanol–water partition coefficient (Wildman–Crippen LogP) is 2.12. The fourth-order valence-corrected chi connectivity index (χ4v) is 2.59. The van der Waals surface area contributed by atoms with E-state index in [-0.39, 0.29) is 0 Å². The number of fused-ring (bicyclic) bond motifs is 1. The Morgan fingerprint density at radius 2 is 1.95 bits per heavy atom. The largest absolute Gasteiger partial charge is 0.493 e. The molecule has 3 rings (SSSR count). The normalized spacial score (nSPS) is 12.4. The van der Waals surface area contributed by atoms with Crippen molar-refractivity contribution in [1.82, 2.24) is 0 Å². The van der Waals surface area contributed by atoms with Crippen LogP contribution in [0.1, 0.15) is 18.1 Å². The zero-order valence-electron chi connectivity index (χ0n) is 12.9. The summed E-state index contributed by atoms with van der Waals surface area (Å²) >= 11 is 0. The van der Waals surface area contributed by atoms with Crippen molar-refractivity contribution >= 4 is 0 Å². The number of ether oxygens (including phenoxy) is 3. The second kappa shape index (κ2) is 7.18. The summed E-state index contributed by atoms with van der Waals surface area (Å²) in [5, 5.41) is 2.31. The van der Waals surface area contributed by atoms with Gasteiger partial charge in [-0.25, -0.2) is 0 Å². The highest BCUT2D eigenvalue weighted by molar-refractivity contribution is 5.44. The van der Waals surface area contributed by atoms with Gasteiger partial charge in [0.1, 0.15) is 12.3 Å². The van der Waals surface area contributed by atoms with E-state index in [0.717, 1.165) is 36.8 Å². The second-order valence-electron chi connectivity index (χ2n) is 5.26. The zero-order chi connectivity index (χ0) is 15.2. The average Bonchev–Trinajstić information content (AvgIpc) is 3.01. The van der Waals surface area contributed by atoms with E-state index in [0.29, 0.717) is 13.4 Å². The molecule has 0 atom stereocenters. The van der Waals surface area contributed by atoms with Crippen LogP contribution in [-0.2, 0) is 13.0 Å². The Labute approximate surface area is 131 Å². The summed E-state index contributed by atoms with van der Waals surface area (Å²) in [7, 11) is 0. The number of benzene rings is 2. The molecule has 1 aliphatic heterocycles. The molecule has 0 spiro atoms. The number of nitrogens with two attached hydrogens (primary N) is 1. The molecule has 2 N–H and O–H groups in total. The Hall–Kier alpha value is -2.20. The maximum atomic E-state index is 5.65. The van der Waals surface area contributed by atoms with Gasteiger partial charge in [-0.05, 0) is 36.8 Å². The number of hydrogen-bond acceptors (Lipinski definition) is 3. The van der Waals surface area contributed by atoms with Gasteiger partial charge in [-0.15, -0.1) is 0 Å². The molecule has 116 valence electrons. The number of para-hydroxylation sites is 1. The molecule has 2 aromatic carbocycles. The highest BCUT2D eigenvalue weighted by Crippen LogP contribution is 2.32. The van der Waals surface area contributed by atoms with E-state index in [9.17, 15) is 0 Å². The highest BCUT2D eigenvalue weighted by atomic mass is 16.7. The Morgan fingerprint density at radius 1 is 1.09 bits per heavy atom. The molecule has 0 fully saturated rings. The number of hydrogen-bond donors (Lipinski definition) is 1. The third-order valence-corrected chi connectivity index (χ3v) is 3.71. The zero-order valence-corrected chi connectivity index (χ0v) is 12.9. The van der Waals surface area contributed by atoms with Gasteiger partial charge < -0.3 is 19.5 Å². The van der Waals surface area contributed by atoms with Gasteiger partial charge in [0.25, 0.3) is 0 Å². The van der Waals surface area contributed by atoms with Crippen LogP contribution >= 0.6 is 0 Å². The minimum Gasteiger partial charge on any atom is -0.493 e. The minimum absolute atomic E-state index is 0.332. The standard InChI is InChI=1S/C18H21NO3/c1-2-20-16-6-4-3-5-15(16)12-19-10-9-14-7-8-17-18(11-14)22-13-21-17/h3-8,11,19H,2,9-10,12-13H2,1H3/p+1. The first kappa shape index (κ1) is 14.7. The monoisotopic (exact) mass is 300 g/mol. The molecule has 0 saturated carbocycles. The molecule has 0 unspecified atom stereocenters. The van der Waals surface area contributed by atoms with E-state index < -0.39 is 0 Å². The summed E-state index contributed by atoms with van der Waals surface area (Å²) in [5.74, 6) is 2.70. The SMILES string of the molecule is CCOc1ccccc1C[NH2+]CCc1ccc2c(c1)OCO2. The number of rotatable bonds is 7. The fourth-order valence-electron chi connectivity index (χ4n) is 2.59. The first-order chi connectivity index (χ1) is 10.9. The maximum absolute atomic E-state index is 5.65. The Kier molecular flexibility index (Phi) is 4.81. The molecule has 0 bridgehead atoms. The van der Waals surface area contributed by atoms with Crippen molar-refractivity contribution in [3.05, 3.63) is 53.6 Å². The average molecular weight is 300 g/mol. The lowest BCUT2D eigenvalue weighted by Crippen LogP contribution is -2.83. The molecule has 2 aromatic rings. The molecule has 1 aliphatic rings. The van der Waals surface area contributed by atoms with Crippen molar-refractivity contribution in [3.63, 3.8) is 0 Å². The summed E-state index contributed by atoms with van der Waals surface area (Å²) in [4.78, 5) is 0. The summed E-state index contributed by atoms with van der Waals surface area (Å²) < 4.78 is 16.4. The predicted molar refractivity (Wildman–Crippen MR) is 84.4 cm³/mol. The number of quaternary nitrogens is 1. The molecule has 0 saturated heterocycles. The molecule has 1 heterocycles. The topological polar surface area (TPSA) is 44.3 Å². The van der Waals surface area contributed by atoms with E-state index in [1.165, 1.54) is 11.1 Å². The lowest BCUT2D eigenvalue weighted by molar-refractivity contribution is -0.670. The van der Waals surface area contributed by atoms with E-state index in [2.05, 4.69) is 29.6 Å². The van der Waals surface area contributed by atoms with Crippen molar-refractivity contribution in [2.24, 2.45) is 0 Å². The van der Waals surface area contributed by atoms with Crippen LogP contribution in [-0.4, -0.2) is 19.9 Å². The van der Waals surface area contributed by atoms with E-state index >= 15 is 0 Å². The van der Waals surface area contributed by atoms with Gasteiger partial charge >= 0.3 is 0 Å². The Morgan fingerprint density at radius 3 is 2.86 bits per heavy atom. The molecular weight excluding hydrogens is 278 g/mol. The van der Waals surface area contributed by atoms with Crippen LogP contribution < -0.4 is 19.5 Å².